The summed E-state index contributed by atoms with van der Waals surface area (Å²) in [5, 5.41) is 0. The Bertz CT molecular complexity index is 753. The molecule has 2 rings (SSSR count). The molecule has 1 amide bonds. The largest absolute Gasteiger partial charge is 0.467 e. The standard InChI is InChI=1S/C24H31NO3/c1-5-6-12-22(26)25(23(18(2)3)24(27)28-4)17-19-13-15-21(16-14-19)20-10-8-7-9-11-20/h7-11,13-16,18,23H,5-6,12,17H2,1-4H3/t23-/m0/s1. The monoisotopic (exact) mass is 381 g/mol. The highest BCUT2D eigenvalue weighted by atomic mass is 16.5. The number of rotatable bonds is 9. The first-order valence-electron chi connectivity index (χ1n) is 9.99. The van der Waals surface area contributed by atoms with Gasteiger partial charge < -0.3 is 9.64 Å². The third kappa shape index (κ3) is 5.69. The van der Waals surface area contributed by atoms with Crippen molar-refractivity contribution in [1.29, 1.82) is 0 Å². The molecule has 0 aliphatic carbocycles. The van der Waals surface area contributed by atoms with Crippen LogP contribution in [0.15, 0.2) is 54.6 Å². The van der Waals surface area contributed by atoms with Crippen LogP contribution < -0.4 is 0 Å². The van der Waals surface area contributed by atoms with Crippen LogP contribution in [0.4, 0.5) is 0 Å². The Balaban J connectivity index is 2.25. The average Bonchev–Trinajstić information content (AvgIpc) is 2.72. The number of hydrogen-bond acceptors (Lipinski definition) is 3. The van der Waals surface area contributed by atoms with Crippen molar-refractivity contribution in [3.05, 3.63) is 60.2 Å². The fourth-order valence-corrected chi connectivity index (χ4v) is 3.32. The molecule has 0 spiro atoms. The molecule has 1 atom stereocenters. The zero-order valence-corrected chi connectivity index (χ0v) is 17.4. The molecule has 0 unspecified atom stereocenters. The Morgan fingerprint density at radius 2 is 1.57 bits per heavy atom. The zero-order chi connectivity index (χ0) is 20.5. The van der Waals surface area contributed by atoms with Crippen LogP contribution >= 0.6 is 0 Å². The van der Waals surface area contributed by atoms with Crippen LogP contribution in [0, 0.1) is 5.92 Å². The number of unbranched alkanes of at least 4 members (excludes halogenated alkanes) is 1. The molecule has 4 nitrogen and oxygen atoms in total. The third-order valence-electron chi connectivity index (χ3n) is 4.89. The van der Waals surface area contributed by atoms with Gasteiger partial charge in [-0.25, -0.2) is 4.79 Å². The van der Waals surface area contributed by atoms with E-state index in [0.29, 0.717) is 13.0 Å². The normalized spacial score (nSPS) is 11.9. The van der Waals surface area contributed by atoms with Crippen LogP contribution in [-0.2, 0) is 20.9 Å². The highest BCUT2D eigenvalue weighted by molar-refractivity contribution is 5.84. The summed E-state index contributed by atoms with van der Waals surface area (Å²) in [6, 6.07) is 17.8. The van der Waals surface area contributed by atoms with E-state index >= 15 is 0 Å². The van der Waals surface area contributed by atoms with Gasteiger partial charge in [0.05, 0.1) is 7.11 Å². The minimum atomic E-state index is -0.580. The second-order valence-electron chi connectivity index (χ2n) is 7.40. The summed E-state index contributed by atoms with van der Waals surface area (Å²) in [4.78, 5) is 26.9. The zero-order valence-electron chi connectivity index (χ0n) is 17.4. The molecular formula is C24H31NO3. The first kappa shape index (κ1) is 21.7. The molecule has 0 heterocycles. The number of benzene rings is 2. The van der Waals surface area contributed by atoms with Crippen LogP contribution in [0.3, 0.4) is 0 Å². The molecule has 0 saturated heterocycles. The molecule has 0 aliphatic rings. The van der Waals surface area contributed by atoms with E-state index in [0.717, 1.165) is 29.5 Å². The maximum absolute atomic E-state index is 12.9. The van der Waals surface area contributed by atoms with E-state index in [9.17, 15) is 9.59 Å². The molecular weight excluding hydrogens is 350 g/mol. The lowest BCUT2D eigenvalue weighted by molar-refractivity contribution is -0.155. The molecule has 0 radical (unpaired) electrons. The Kier molecular flexibility index (Phi) is 8.24. The summed E-state index contributed by atoms with van der Waals surface area (Å²) >= 11 is 0. The molecule has 2 aromatic carbocycles. The molecule has 0 bridgehead atoms. The van der Waals surface area contributed by atoms with Gasteiger partial charge in [-0.1, -0.05) is 81.8 Å². The molecule has 150 valence electrons. The maximum atomic E-state index is 12.9. The van der Waals surface area contributed by atoms with Gasteiger partial charge in [0.2, 0.25) is 5.91 Å². The Hall–Kier alpha value is -2.62. The first-order valence-corrected chi connectivity index (χ1v) is 9.99. The fraction of sp³-hybridized carbons (Fsp3) is 0.417. The molecule has 0 aliphatic heterocycles. The van der Waals surface area contributed by atoms with E-state index in [4.69, 9.17) is 4.74 Å². The van der Waals surface area contributed by atoms with E-state index in [2.05, 4.69) is 31.2 Å². The Morgan fingerprint density at radius 1 is 0.964 bits per heavy atom. The molecule has 0 N–H and O–H groups in total. The smallest absolute Gasteiger partial charge is 0.328 e. The van der Waals surface area contributed by atoms with Crippen molar-refractivity contribution in [2.75, 3.05) is 7.11 Å². The van der Waals surface area contributed by atoms with Crippen LogP contribution in [0.5, 0.6) is 0 Å². The minimum absolute atomic E-state index is 0.00177. The van der Waals surface area contributed by atoms with Gasteiger partial charge in [-0.2, -0.15) is 0 Å². The number of hydrogen-bond donors (Lipinski definition) is 0. The Morgan fingerprint density at radius 3 is 2.11 bits per heavy atom. The van der Waals surface area contributed by atoms with Gasteiger partial charge in [-0.15, -0.1) is 0 Å². The van der Waals surface area contributed by atoms with Gasteiger partial charge in [0.1, 0.15) is 6.04 Å². The van der Waals surface area contributed by atoms with Crippen molar-refractivity contribution >= 4 is 11.9 Å². The summed E-state index contributed by atoms with van der Waals surface area (Å²) in [7, 11) is 1.38. The van der Waals surface area contributed by atoms with E-state index in [1.165, 1.54) is 7.11 Å². The number of ether oxygens (including phenoxy) is 1. The predicted octanol–water partition coefficient (Wildman–Crippen LogP) is 5.07. The summed E-state index contributed by atoms with van der Waals surface area (Å²) in [6.07, 6.45) is 2.20. The first-order chi connectivity index (χ1) is 13.5. The van der Waals surface area contributed by atoms with Crippen molar-refractivity contribution in [2.24, 2.45) is 5.92 Å². The average molecular weight is 382 g/mol. The number of carbonyl (C=O) groups excluding carboxylic acids is 2. The van der Waals surface area contributed by atoms with Crippen molar-refractivity contribution in [3.8, 4) is 11.1 Å². The summed E-state index contributed by atoms with van der Waals surface area (Å²) in [5.74, 6) is -0.388. The highest BCUT2D eigenvalue weighted by Crippen LogP contribution is 2.22. The van der Waals surface area contributed by atoms with Gasteiger partial charge in [0, 0.05) is 13.0 Å². The molecule has 4 heteroatoms. The van der Waals surface area contributed by atoms with Gasteiger partial charge in [0.15, 0.2) is 0 Å². The van der Waals surface area contributed by atoms with Crippen LogP contribution in [0.2, 0.25) is 0 Å². The van der Waals surface area contributed by atoms with Crippen molar-refractivity contribution < 1.29 is 14.3 Å². The summed E-state index contributed by atoms with van der Waals surface area (Å²) in [5.41, 5.74) is 3.28. The number of methoxy groups -OCH3 is 1. The maximum Gasteiger partial charge on any atom is 0.328 e. The molecule has 0 aromatic heterocycles. The number of amides is 1. The molecule has 2 aromatic rings. The fourth-order valence-electron chi connectivity index (χ4n) is 3.32. The van der Waals surface area contributed by atoms with Crippen LogP contribution in [0.1, 0.15) is 45.6 Å². The van der Waals surface area contributed by atoms with Gasteiger partial charge in [-0.3, -0.25) is 4.79 Å². The quantitative estimate of drug-likeness (QED) is 0.570. The van der Waals surface area contributed by atoms with E-state index in [1.54, 1.807) is 4.90 Å². The topological polar surface area (TPSA) is 46.6 Å². The van der Waals surface area contributed by atoms with Gasteiger partial charge in [-0.05, 0) is 29.0 Å². The lowest BCUT2D eigenvalue weighted by Gasteiger charge is -2.32. The van der Waals surface area contributed by atoms with Crippen molar-refractivity contribution in [1.82, 2.24) is 4.90 Å². The number of nitrogens with zero attached hydrogens (tertiary/aromatic N) is 1. The molecule has 0 saturated carbocycles. The second-order valence-corrected chi connectivity index (χ2v) is 7.40. The van der Waals surface area contributed by atoms with Crippen molar-refractivity contribution in [2.45, 2.75) is 52.6 Å². The second kappa shape index (κ2) is 10.6. The molecule has 28 heavy (non-hydrogen) atoms. The van der Waals surface area contributed by atoms with Crippen molar-refractivity contribution in [3.63, 3.8) is 0 Å². The number of carbonyl (C=O) groups is 2. The van der Waals surface area contributed by atoms with E-state index in [1.807, 2.05) is 44.2 Å². The number of esters is 1. The van der Waals surface area contributed by atoms with Crippen LogP contribution in [0.25, 0.3) is 11.1 Å². The summed E-state index contributed by atoms with van der Waals surface area (Å²) in [6.45, 7) is 6.34. The van der Waals surface area contributed by atoms with E-state index < -0.39 is 6.04 Å². The lowest BCUT2D eigenvalue weighted by atomic mass is 9.99. The predicted molar refractivity (Wildman–Crippen MR) is 113 cm³/mol. The van der Waals surface area contributed by atoms with E-state index in [-0.39, 0.29) is 17.8 Å². The molecule has 0 fully saturated rings. The van der Waals surface area contributed by atoms with Crippen LogP contribution in [-0.4, -0.2) is 29.9 Å². The summed E-state index contributed by atoms with van der Waals surface area (Å²) < 4.78 is 4.99. The van der Waals surface area contributed by atoms with Gasteiger partial charge in [0.25, 0.3) is 0 Å². The van der Waals surface area contributed by atoms with Gasteiger partial charge >= 0.3 is 5.97 Å². The Labute approximate surface area is 168 Å². The highest BCUT2D eigenvalue weighted by Gasteiger charge is 2.33. The SMILES string of the molecule is CCCCC(=O)N(Cc1ccc(-c2ccccc2)cc1)[C@H](C(=O)OC)C(C)C. The third-order valence-corrected chi connectivity index (χ3v) is 4.89. The lowest BCUT2D eigenvalue weighted by Crippen LogP contribution is -2.48. The minimum Gasteiger partial charge on any atom is -0.467 e.